The maximum absolute atomic E-state index is 13.3. The van der Waals surface area contributed by atoms with Gasteiger partial charge in [0.25, 0.3) is 0 Å². The number of hydrogen-bond donors (Lipinski definition) is 3. The minimum Gasteiger partial charge on any atom is -0.370 e. The lowest BCUT2D eigenvalue weighted by Gasteiger charge is -2.46. The Bertz CT molecular complexity index is 2370. The number of nitrogens with two attached hydrogens (primary N) is 1. The third-order valence-corrected chi connectivity index (χ3v) is 20.4. The number of H-pyrrole nitrogens is 1. The fraction of sp³-hybridized carbons (Fsp3) is 0.412. The van der Waals surface area contributed by atoms with E-state index in [-0.39, 0.29) is 17.6 Å². The lowest BCUT2D eigenvalue weighted by molar-refractivity contribution is 0.103. The summed E-state index contributed by atoms with van der Waals surface area (Å²) in [5.74, 6) is 0.808. The molecule has 6 aromatic rings. The zero-order valence-electron chi connectivity index (χ0n) is 36.0. The minimum atomic E-state index is -1.93. The van der Waals surface area contributed by atoms with Crippen molar-refractivity contribution in [3.8, 4) is 0 Å². The number of hydrogen-bond acceptors (Lipinski definition) is 4. The van der Waals surface area contributed by atoms with E-state index in [1.807, 2.05) is 78.9 Å². The Labute approximate surface area is 347 Å². The number of carbonyl (C=O) groups is 2. The molecule has 0 aliphatic heterocycles. The molecule has 0 bridgehead atoms. The molecule has 0 radical (unpaired) electrons. The molecule has 2 aromatic heterocycles. The van der Waals surface area contributed by atoms with Crippen LogP contribution < -0.4 is 11.1 Å². The first kappa shape index (κ1) is 41.6. The van der Waals surface area contributed by atoms with Crippen molar-refractivity contribution >= 4 is 41.6 Å². The average molecular weight is 793 g/mol. The third-order valence-electron chi connectivity index (χ3n) is 13.6. The van der Waals surface area contributed by atoms with E-state index in [0.29, 0.717) is 28.6 Å². The second-order valence-corrected chi connectivity index (χ2v) is 23.5. The number of ketones is 2. The lowest BCUT2D eigenvalue weighted by atomic mass is 9.82. The standard InChI is InChI=1S/C30H42N2OSi.C21H22N2O/c1-8-31-25-15-17-29-27(19-25)26-18-24(30(33)23-12-10-9-11-13-23)14-16-28(26)32(29)34(20(2)3,21(4)5)22(6)7;1-2-13-10-17-16-12-15(21(24)14-6-4-3-5-7-14)8-9-19(16)23-20(17)18(22)11-13/h9-14,16,18,20-22,25,31H,8,15,17,19H2,1-7H3;3-9,12-13,18,23H,2,10-11,22H2,1H3. The van der Waals surface area contributed by atoms with Gasteiger partial charge in [-0.15, -0.1) is 0 Å². The molecule has 8 rings (SSSR count). The predicted octanol–water partition coefficient (Wildman–Crippen LogP) is 11.7. The number of aromatic amines is 1. The molecule has 304 valence electrons. The third kappa shape index (κ3) is 7.57. The van der Waals surface area contributed by atoms with Gasteiger partial charge >= 0.3 is 0 Å². The number of nitrogens with one attached hydrogen (secondary N) is 2. The van der Waals surface area contributed by atoms with Crippen molar-refractivity contribution < 1.29 is 9.59 Å². The van der Waals surface area contributed by atoms with Crippen molar-refractivity contribution in [3.63, 3.8) is 0 Å². The summed E-state index contributed by atoms with van der Waals surface area (Å²) < 4.78 is 2.86. The monoisotopic (exact) mass is 792 g/mol. The highest BCUT2D eigenvalue weighted by Crippen LogP contribution is 2.48. The van der Waals surface area contributed by atoms with Gasteiger partial charge in [-0.3, -0.25) is 9.59 Å². The number of likely N-dealkylation sites (N-methyl/N-ethyl adjacent to an activating group) is 1. The molecule has 0 saturated carbocycles. The van der Waals surface area contributed by atoms with Crippen LogP contribution in [0.4, 0.5) is 0 Å². The number of aromatic nitrogens is 2. The highest BCUT2D eigenvalue weighted by Gasteiger charge is 2.48. The molecular formula is C51H64N4O2Si. The van der Waals surface area contributed by atoms with Crippen LogP contribution in [0.2, 0.25) is 16.6 Å². The SMILES string of the molecule is CCC1Cc2c([nH]c3ccc(C(=O)c4ccccc4)cc23)C(N)C1.CCNC1CCc2c(c3cc(C(=O)c4ccccc4)ccc3n2[Si](C(C)C)(C(C)C)C(C)C)C1. The maximum Gasteiger partial charge on any atom is 0.193 e. The number of carbonyl (C=O) groups excluding carboxylic acids is 2. The molecule has 0 spiro atoms. The second kappa shape index (κ2) is 17.3. The molecule has 3 unspecified atom stereocenters. The molecule has 2 aliphatic rings. The highest BCUT2D eigenvalue weighted by molar-refractivity contribution is 6.82. The Morgan fingerprint density at radius 3 is 1.86 bits per heavy atom. The highest BCUT2D eigenvalue weighted by atomic mass is 28.3. The molecule has 7 heteroatoms. The zero-order valence-corrected chi connectivity index (χ0v) is 37.0. The van der Waals surface area contributed by atoms with E-state index < -0.39 is 8.24 Å². The first-order valence-electron chi connectivity index (χ1n) is 21.9. The molecule has 0 saturated heterocycles. The van der Waals surface area contributed by atoms with Gasteiger partial charge in [-0.1, -0.05) is 122 Å². The summed E-state index contributed by atoms with van der Waals surface area (Å²) in [5, 5.41) is 6.16. The second-order valence-electron chi connectivity index (χ2n) is 17.8. The van der Waals surface area contributed by atoms with Gasteiger partial charge in [-0.05, 0) is 109 Å². The van der Waals surface area contributed by atoms with Gasteiger partial charge in [-0.25, -0.2) is 0 Å². The summed E-state index contributed by atoms with van der Waals surface area (Å²) in [7, 11) is -1.93. The van der Waals surface area contributed by atoms with Crippen LogP contribution in [0, 0.1) is 5.92 Å². The number of rotatable bonds is 11. The van der Waals surface area contributed by atoms with E-state index in [9.17, 15) is 9.59 Å². The van der Waals surface area contributed by atoms with Crippen LogP contribution in [-0.2, 0) is 19.3 Å². The van der Waals surface area contributed by atoms with E-state index in [0.717, 1.165) is 77.5 Å². The Morgan fingerprint density at radius 1 is 0.741 bits per heavy atom. The van der Waals surface area contributed by atoms with E-state index in [4.69, 9.17) is 5.73 Å². The summed E-state index contributed by atoms with van der Waals surface area (Å²) in [6.07, 6.45) is 6.57. The molecule has 0 fully saturated rings. The van der Waals surface area contributed by atoms with Gasteiger partial charge in [0.2, 0.25) is 0 Å². The van der Waals surface area contributed by atoms with Gasteiger partial charge in [0.15, 0.2) is 19.8 Å². The van der Waals surface area contributed by atoms with Gasteiger partial charge in [-0.2, -0.15) is 0 Å². The van der Waals surface area contributed by atoms with Crippen LogP contribution in [0.5, 0.6) is 0 Å². The number of fused-ring (bicyclic) bond motifs is 6. The van der Waals surface area contributed by atoms with Gasteiger partial charge in [0.05, 0.1) is 0 Å². The number of nitrogens with zero attached hydrogens (tertiary/aromatic N) is 1. The van der Waals surface area contributed by atoms with E-state index in [2.05, 4.69) is 88.1 Å². The van der Waals surface area contributed by atoms with E-state index >= 15 is 0 Å². The largest absolute Gasteiger partial charge is 0.370 e. The van der Waals surface area contributed by atoms with Crippen LogP contribution in [0.3, 0.4) is 0 Å². The predicted molar refractivity (Wildman–Crippen MR) is 245 cm³/mol. The maximum atomic E-state index is 13.3. The summed E-state index contributed by atoms with van der Waals surface area (Å²) in [6.45, 7) is 20.1. The minimum absolute atomic E-state index is 0.0689. The molecule has 2 aliphatic carbocycles. The first-order valence-corrected chi connectivity index (χ1v) is 24.1. The van der Waals surface area contributed by atoms with Crippen LogP contribution in [0.1, 0.15) is 135 Å². The summed E-state index contributed by atoms with van der Waals surface area (Å²) in [6, 6.07) is 32.2. The van der Waals surface area contributed by atoms with Gasteiger partial charge in [0, 0.05) is 67.5 Å². The van der Waals surface area contributed by atoms with Crippen LogP contribution in [-0.4, -0.2) is 41.6 Å². The van der Waals surface area contributed by atoms with E-state index in [1.54, 1.807) is 5.69 Å². The summed E-state index contributed by atoms with van der Waals surface area (Å²) in [4.78, 5) is 29.6. The van der Waals surface area contributed by atoms with Gasteiger partial charge < -0.3 is 20.3 Å². The Balaban J connectivity index is 0.000000187. The smallest absolute Gasteiger partial charge is 0.193 e. The molecule has 58 heavy (non-hydrogen) atoms. The fourth-order valence-corrected chi connectivity index (χ4v) is 17.9. The molecule has 0 amide bonds. The van der Waals surface area contributed by atoms with Crippen molar-refractivity contribution in [1.29, 1.82) is 0 Å². The summed E-state index contributed by atoms with van der Waals surface area (Å²) in [5.41, 5.74) is 19.2. The van der Waals surface area contributed by atoms with E-state index in [1.165, 1.54) is 28.5 Å². The summed E-state index contributed by atoms with van der Waals surface area (Å²) >= 11 is 0. The van der Waals surface area contributed by atoms with Crippen LogP contribution >= 0.6 is 0 Å². The molecule has 3 atom stereocenters. The van der Waals surface area contributed by atoms with Crippen LogP contribution in [0.25, 0.3) is 21.8 Å². The average Bonchev–Trinajstić information content (AvgIpc) is 3.76. The molecule has 4 N–H and O–H groups in total. The fourth-order valence-electron chi connectivity index (χ4n) is 11.0. The first-order chi connectivity index (χ1) is 27.9. The van der Waals surface area contributed by atoms with Crippen molar-refractivity contribution in [2.75, 3.05) is 6.54 Å². The molecule has 6 nitrogen and oxygen atoms in total. The molecule has 2 heterocycles. The normalized spacial score (nSPS) is 18.0. The lowest BCUT2D eigenvalue weighted by Crippen LogP contribution is -2.53. The Hall–Kier alpha value is -4.56. The van der Waals surface area contributed by atoms with Crippen LogP contribution in [0.15, 0.2) is 97.1 Å². The topological polar surface area (TPSA) is 92.9 Å². The zero-order chi connectivity index (χ0) is 41.3. The van der Waals surface area contributed by atoms with Crippen molar-refractivity contribution in [2.24, 2.45) is 11.7 Å². The Kier molecular flexibility index (Phi) is 12.4. The number of benzene rings is 4. The van der Waals surface area contributed by atoms with Crippen molar-refractivity contribution in [2.45, 2.75) is 123 Å². The Morgan fingerprint density at radius 2 is 1.31 bits per heavy atom. The van der Waals surface area contributed by atoms with Gasteiger partial charge in [0.1, 0.15) is 0 Å². The van der Waals surface area contributed by atoms with Crippen molar-refractivity contribution in [3.05, 3.63) is 142 Å². The quantitative estimate of drug-likeness (QED) is 0.0900. The molecular weight excluding hydrogens is 729 g/mol. The molecule has 4 aromatic carbocycles. The van der Waals surface area contributed by atoms with Crippen molar-refractivity contribution in [1.82, 2.24) is 14.5 Å².